The third kappa shape index (κ3) is 23.1. The molecule has 0 saturated carbocycles. The van der Waals surface area contributed by atoms with Crippen LogP contribution in [0, 0.1) is 5.92 Å². The molecular weight excluding hydrogens is 411 g/mol. The predicted molar refractivity (Wildman–Crippen MR) is 80.1 cm³/mol. The van der Waals surface area contributed by atoms with Gasteiger partial charge in [-0.05, 0) is 12.8 Å². The molecule has 9 heteroatoms. The summed E-state index contributed by atoms with van der Waals surface area (Å²) >= 11 is 0. The van der Waals surface area contributed by atoms with Crippen molar-refractivity contribution in [2.75, 3.05) is 13.2 Å². The molecule has 142 valence electrons. The zero-order valence-electron chi connectivity index (χ0n) is 15.0. The van der Waals surface area contributed by atoms with E-state index in [1.165, 1.54) is 20.8 Å². The van der Waals surface area contributed by atoms with Crippen molar-refractivity contribution in [2.24, 2.45) is 5.92 Å². The maximum Gasteiger partial charge on any atom is 2.00 e. The van der Waals surface area contributed by atoms with Crippen molar-refractivity contribution in [3.8, 4) is 0 Å². The Balaban J connectivity index is -0.000000513. The molecule has 0 aromatic heterocycles. The first-order valence-corrected chi connectivity index (χ1v) is 7.82. The zero-order chi connectivity index (χ0) is 19.0. The van der Waals surface area contributed by atoms with Gasteiger partial charge in [0, 0.05) is 20.8 Å². The fourth-order valence-electron chi connectivity index (χ4n) is 1.79. The molecular formula is C16H26O8Zr. The summed E-state index contributed by atoms with van der Waals surface area (Å²) in [5, 5.41) is 20.6. The van der Waals surface area contributed by atoms with Crippen molar-refractivity contribution < 1.29 is 65.1 Å². The van der Waals surface area contributed by atoms with E-state index in [2.05, 4.69) is 9.47 Å². The summed E-state index contributed by atoms with van der Waals surface area (Å²) < 4.78 is 8.51. The monoisotopic (exact) mass is 436 g/mol. The molecule has 0 heterocycles. The molecule has 25 heavy (non-hydrogen) atoms. The second kappa shape index (κ2) is 19.4. The van der Waals surface area contributed by atoms with Crippen LogP contribution in [0.3, 0.4) is 0 Å². The van der Waals surface area contributed by atoms with E-state index in [1.54, 1.807) is 0 Å². The molecule has 0 atom stereocenters. The van der Waals surface area contributed by atoms with Crippen LogP contribution in [-0.4, -0.2) is 37.1 Å². The number of carbonyl (C=O) groups is 4. The second-order valence-electron chi connectivity index (χ2n) is 5.09. The van der Waals surface area contributed by atoms with Crippen molar-refractivity contribution in [3.63, 3.8) is 0 Å². The molecule has 0 bridgehead atoms. The molecule has 0 aliphatic carbocycles. The molecule has 0 amide bonds. The minimum atomic E-state index is -0.618. The predicted octanol–water partition coefficient (Wildman–Crippen LogP) is -0.153. The van der Waals surface area contributed by atoms with Crippen molar-refractivity contribution in [1.29, 1.82) is 0 Å². The first kappa shape index (κ1) is 28.9. The van der Waals surface area contributed by atoms with Crippen molar-refractivity contribution in [2.45, 2.75) is 59.3 Å². The molecule has 0 N–H and O–H groups in total. The smallest absolute Gasteiger partial charge is 0.854 e. The first-order chi connectivity index (χ1) is 11.2. The molecule has 0 aliphatic heterocycles. The van der Waals surface area contributed by atoms with E-state index in [0.29, 0.717) is 38.5 Å². The number of unbranched alkanes of at least 4 members (excludes halogenated alkanes) is 2. The van der Waals surface area contributed by atoms with Gasteiger partial charge in [-0.15, -0.1) is 13.2 Å². The largest absolute Gasteiger partial charge is 2.00 e. The number of ether oxygens (including phenoxy) is 2. The summed E-state index contributed by atoms with van der Waals surface area (Å²) in [5.41, 5.74) is 0. The Bertz CT molecular complexity index is 376. The average Bonchev–Trinajstić information content (AvgIpc) is 2.44. The van der Waals surface area contributed by atoms with Crippen LogP contribution in [0.2, 0.25) is 0 Å². The van der Waals surface area contributed by atoms with E-state index in [-0.39, 0.29) is 45.3 Å². The summed E-state index contributed by atoms with van der Waals surface area (Å²) in [6.45, 7) is 3.23. The quantitative estimate of drug-likeness (QED) is 0.276. The van der Waals surface area contributed by atoms with Gasteiger partial charge in [0.05, 0.1) is 5.92 Å². The summed E-state index contributed by atoms with van der Waals surface area (Å²) in [4.78, 5) is 41.8. The van der Waals surface area contributed by atoms with Gasteiger partial charge in [-0.25, -0.2) is 0 Å². The summed E-state index contributed by atoms with van der Waals surface area (Å²) in [5.74, 6) is -2.64. The maximum absolute atomic E-state index is 11.5. The van der Waals surface area contributed by atoms with Crippen LogP contribution in [0.1, 0.15) is 59.3 Å². The third-order valence-corrected chi connectivity index (χ3v) is 2.76. The number of esters is 4. The Morgan fingerprint density at radius 3 is 1.32 bits per heavy atom. The van der Waals surface area contributed by atoms with E-state index in [1.807, 2.05) is 0 Å². The van der Waals surface area contributed by atoms with Gasteiger partial charge < -0.3 is 19.7 Å². The molecule has 8 nitrogen and oxygen atoms in total. The van der Waals surface area contributed by atoms with Gasteiger partial charge in [0.15, 0.2) is 0 Å². The second-order valence-corrected chi connectivity index (χ2v) is 5.09. The van der Waals surface area contributed by atoms with Crippen molar-refractivity contribution in [3.05, 3.63) is 0 Å². The minimum Gasteiger partial charge on any atom is -0.854 e. The van der Waals surface area contributed by atoms with Crippen LogP contribution < -0.4 is 10.2 Å². The molecule has 0 unspecified atom stereocenters. The molecule has 0 saturated heterocycles. The van der Waals surface area contributed by atoms with E-state index < -0.39 is 23.9 Å². The van der Waals surface area contributed by atoms with Crippen LogP contribution in [0.15, 0.2) is 0 Å². The molecule has 0 radical (unpaired) electrons. The summed E-state index contributed by atoms with van der Waals surface area (Å²) in [6, 6.07) is 0. The molecule has 0 rings (SSSR count). The Kier molecular flexibility index (Phi) is 22.4. The van der Waals surface area contributed by atoms with E-state index in [9.17, 15) is 29.4 Å². The fraction of sp³-hybridized carbons (Fsp3) is 0.750. The van der Waals surface area contributed by atoms with Gasteiger partial charge in [-0.3, -0.25) is 19.2 Å². The van der Waals surface area contributed by atoms with E-state index in [4.69, 9.17) is 0 Å². The van der Waals surface area contributed by atoms with Crippen LogP contribution in [-0.2, 0) is 54.9 Å². The molecule has 0 aromatic carbocycles. The number of hydrogen-bond donors (Lipinski definition) is 0. The third-order valence-electron chi connectivity index (χ3n) is 2.76. The van der Waals surface area contributed by atoms with Gasteiger partial charge in [0.1, 0.15) is 0 Å². The number of hydrogen-bond acceptors (Lipinski definition) is 8. The topological polar surface area (TPSA) is 133 Å². The summed E-state index contributed by atoms with van der Waals surface area (Å²) in [7, 11) is 0. The minimum absolute atomic E-state index is 0. The molecule has 0 aliphatic rings. The first-order valence-electron chi connectivity index (χ1n) is 7.82. The van der Waals surface area contributed by atoms with Gasteiger partial charge in [-0.1, -0.05) is 25.7 Å². The van der Waals surface area contributed by atoms with E-state index in [0.717, 1.165) is 0 Å². The Morgan fingerprint density at radius 2 is 1.08 bits per heavy atom. The Hall–Kier alpha value is -0.917. The molecule has 0 spiro atoms. The van der Waals surface area contributed by atoms with E-state index >= 15 is 0 Å². The van der Waals surface area contributed by atoms with Crippen LogP contribution >= 0.6 is 0 Å². The Labute approximate surface area is 167 Å². The number of carbonyl (C=O) groups excluding carboxylic acids is 4. The van der Waals surface area contributed by atoms with Crippen molar-refractivity contribution >= 4 is 23.9 Å². The van der Waals surface area contributed by atoms with Crippen LogP contribution in [0.25, 0.3) is 0 Å². The van der Waals surface area contributed by atoms with Crippen LogP contribution in [0.5, 0.6) is 0 Å². The zero-order valence-corrected chi connectivity index (χ0v) is 17.5. The average molecular weight is 438 g/mol. The van der Waals surface area contributed by atoms with Gasteiger partial charge >= 0.3 is 50.1 Å². The van der Waals surface area contributed by atoms with Crippen molar-refractivity contribution in [1.82, 2.24) is 0 Å². The Morgan fingerprint density at radius 1 is 0.720 bits per heavy atom. The van der Waals surface area contributed by atoms with Crippen LogP contribution in [0.4, 0.5) is 0 Å². The maximum atomic E-state index is 11.5. The SMILES string of the molecule is CC(=O)OC(=O)C(CCCC[O-])CCCC[O-].CC(=O)OC(C)=O.[Zr+2]. The van der Waals surface area contributed by atoms with Gasteiger partial charge in [0.25, 0.3) is 0 Å². The normalized spacial score (nSPS) is 9.36. The van der Waals surface area contributed by atoms with Gasteiger partial charge in [-0.2, -0.15) is 0 Å². The van der Waals surface area contributed by atoms with Gasteiger partial charge in [0.2, 0.25) is 0 Å². The summed E-state index contributed by atoms with van der Waals surface area (Å²) in [6.07, 6.45) is 3.44. The fourth-order valence-corrected chi connectivity index (χ4v) is 1.79. The molecule has 0 aromatic rings. The molecule has 0 fully saturated rings. The number of rotatable bonds is 9. The standard InChI is InChI=1S/C12H20O5.C4H6O3.Zr/c1-10(15)17-12(16)11(6-2-4-8-13)7-3-5-9-14;1-3(5)7-4(2)6;/h11H,2-9H2,1H3;1-2H3;/q-2;;+2.